The molecule has 6 nitrogen and oxygen atoms in total. The molecule has 0 bridgehead atoms. The fourth-order valence-electron chi connectivity index (χ4n) is 2.34. The quantitative estimate of drug-likeness (QED) is 0.582. The maximum atomic E-state index is 11.4. The summed E-state index contributed by atoms with van der Waals surface area (Å²) in [5.41, 5.74) is 9.26. The third-order valence-corrected chi connectivity index (χ3v) is 3.38. The Hall–Kier alpha value is -1.79. The van der Waals surface area contributed by atoms with Crippen LogP contribution in [-0.2, 0) is 16.0 Å². The number of methoxy groups -OCH3 is 1. The molecule has 0 aliphatic carbocycles. The van der Waals surface area contributed by atoms with Crippen molar-refractivity contribution in [3.8, 4) is 0 Å². The van der Waals surface area contributed by atoms with Gasteiger partial charge in [0.15, 0.2) is 0 Å². The molecular weight excluding hydrogens is 258 g/mol. The molecule has 6 heteroatoms. The summed E-state index contributed by atoms with van der Waals surface area (Å²) in [6, 6.07) is 3.74. The van der Waals surface area contributed by atoms with Crippen LogP contribution in [0.15, 0.2) is 12.1 Å². The number of benzene rings is 1. The maximum Gasteiger partial charge on any atom is 0.224 e. The van der Waals surface area contributed by atoms with Crippen LogP contribution in [0.25, 0.3) is 0 Å². The average Bonchev–Trinajstić information content (AvgIpc) is 2.40. The summed E-state index contributed by atoms with van der Waals surface area (Å²) in [7, 11) is 1.62. The number of ether oxygens (including phenoxy) is 1. The van der Waals surface area contributed by atoms with Crippen molar-refractivity contribution in [3.63, 3.8) is 0 Å². The van der Waals surface area contributed by atoms with Crippen LogP contribution in [0.1, 0.15) is 18.4 Å². The number of aryl methyl sites for hydroxylation is 1. The monoisotopic (exact) mass is 279 g/mol. The van der Waals surface area contributed by atoms with Crippen LogP contribution in [0.5, 0.6) is 0 Å². The van der Waals surface area contributed by atoms with Gasteiger partial charge in [0.05, 0.1) is 24.0 Å². The number of aliphatic hydroxyl groups is 1. The number of nitrogens with two attached hydrogens (primary N) is 1. The maximum absolute atomic E-state index is 11.4. The summed E-state index contributed by atoms with van der Waals surface area (Å²) < 4.78 is 5.12. The molecule has 20 heavy (non-hydrogen) atoms. The molecule has 110 valence electrons. The Kier molecular flexibility index (Phi) is 4.81. The first-order valence-electron chi connectivity index (χ1n) is 6.72. The zero-order chi connectivity index (χ0) is 14.5. The van der Waals surface area contributed by atoms with Crippen molar-refractivity contribution in [1.29, 1.82) is 0 Å². The van der Waals surface area contributed by atoms with E-state index in [0.29, 0.717) is 31.6 Å². The van der Waals surface area contributed by atoms with E-state index in [-0.39, 0.29) is 18.6 Å². The number of hydrogen-bond acceptors (Lipinski definition) is 5. The van der Waals surface area contributed by atoms with Crippen LogP contribution >= 0.6 is 0 Å². The molecule has 1 heterocycles. The van der Waals surface area contributed by atoms with Gasteiger partial charge in [-0.05, 0) is 30.5 Å². The van der Waals surface area contributed by atoms with Crippen LogP contribution in [0.2, 0.25) is 0 Å². The Morgan fingerprint density at radius 1 is 1.50 bits per heavy atom. The molecular formula is C14H21N3O3. The predicted octanol–water partition coefficient (Wildman–Crippen LogP) is 0.963. The van der Waals surface area contributed by atoms with Gasteiger partial charge in [-0.1, -0.05) is 0 Å². The van der Waals surface area contributed by atoms with E-state index in [1.807, 2.05) is 6.07 Å². The number of aliphatic hydroxyl groups excluding tert-OH is 1. The van der Waals surface area contributed by atoms with Crippen LogP contribution in [-0.4, -0.2) is 37.4 Å². The number of amides is 1. The Labute approximate surface area is 118 Å². The van der Waals surface area contributed by atoms with Gasteiger partial charge in [0, 0.05) is 25.8 Å². The number of anilines is 3. The van der Waals surface area contributed by atoms with E-state index >= 15 is 0 Å². The molecule has 1 aromatic rings. The molecule has 0 aromatic heterocycles. The predicted molar refractivity (Wildman–Crippen MR) is 78.8 cm³/mol. The minimum Gasteiger partial charge on any atom is -0.397 e. The topological polar surface area (TPSA) is 96.6 Å². The molecule has 0 radical (unpaired) electrons. The molecule has 1 atom stereocenters. The highest BCUT2D eigenvalue weighted by molar-refractivity contribution is 5.95. The highest BCUT2D eigenvalue weighted by atomic mass is 16.5. The number of carbonyl (C=O) groups is 1. The third kappa shape index (κ3) is 3.40. The van der Waals surface area contributed by atoms with Gasteiger partial charge in [0.1, 0.15) is 0 Å². The van der Waals surface area contributed by atoms with E-state index in [1.54, 1.807) is 13.2 Å². The van der Waals surface area contributed by atoms with E-state index in [0.717, 1.165) is 16.9 Å². The summed E-state index contributed by atoms with van der Waals surface area (Å²) in [5.74, 6) is 0.0233. The molecule has 1 unspecified atom stereocenters. The fourth-order valence-corrected chi connectivity index (χ4v) is 2.34. The van der Waals surface area contributed by atoms with Gasteiger partial charge >= 0.3 is 0 Å². The molecule has 1 aliphatic heterocycles. The smallest absolute Gasteiger partial charge is 0.224 e. The third-order valence-electron chi connectivity index (χ3n) is 3.38. The van der Waals surface area contributed by atoms with Gasteiger partial charge in [-0.15, -0.1) is 0 Å². The van der Waals surface area contributed by atoms with Gasteiger partial charge in [-0.25, -0.2) is 0 Å². The summed E-state index contributed by atoms with van der Waals surface area (Å²) in [6.45, 7) is 0.579. The van der Waals surface area contributed by atoms with E-state index < -0.39 is 0 Å². The first kappa shape index (κ1) is 14.6. The largest absolute Gasteiger partial charge is 0.397 e. The van der Waals surface area contributed by atoms with Gasteiger partial charge < -0.3 is 26.2 Å². The lowest BCUT2D eigenvalue weighted by Crippen LogP contribution is -2.27. The van der Waals surface area contributed by atoms with Crippen LogP contribution < -0.4 is 16.4 Å². The zero-order valence-corrected chi connectivity index (χ0v) is 11.6. The van der Waals surface area contributed by atoms with E-state index in [4.69, 9.17) is 15.6 Å². The van der Waals surface area contributed by atoms with Crippen molar-refractivity contribution >= 4 is 23.0 Å². The lowest BCUT2D eigenvalue weighted by molar-refractivity contribution is -0.116. The number of nitrogens with one attached hydrogen (secondary N) is 2. The van der Waals surface area contributed by atoms with Crippen LogP contribution in [0.3, 0.4) is 0 Å². The highest BCUT2D eigenvalue weighted by Gasteiger charge is 2.18. The first-order valence-corrected chi connectivity index (χ1v) is 6.72. The SMILES string of the molecule is COCC(CCO)Nc1cc2c(cc1N)NC(=O)CC2. The van der Waals surface area contributed by atoms with Crippen LogP contribution in [0, 0.1) is 0 Å². The lowest BCUT2D eigenvalue weighted by Gasteiger charge is -2.23. The Bertz CT molecular complexity index is 485. The summed E-state index contributed by atoms with van der Waals surface area (Å²) in [5, 5.41) is 15.2. The molecule has 0 saturated carbocycles. The van der Waals surface area contributed by atoms with Gasteiger partial charge in [0.2, 0.25) is 5.91 Å². The van der Waals surface area contributed by atoms with Crippen molar-refractivity contribution in [3.05, 3.63) is 17.7 Å². The molecule has 0 spiro atoms. The Morgan fingerprint density at radius 2 is 2.30 bits per heavy atom. The van der Waals surface area contributed by atoms with E-state index in [9.17, 15) is 4.79 Å². The van der Waals surface area contributed by atoms with Crippen molar-refractivity contribution in [2.75, 3.05) is 36.7 Å². The summed E-state index contributed by atoms with van der Waals surface area (Å²) in [6.07, 6.45) is 1.79. The molecule has 0 saturated heterocycles. The highest BCUT2D eigenvalue weighted by Crippen LogP contribution is 2.31. The van der Waals surface area contributed by atoms with Gasteiger partial charge in [-0.3, -0.25) is 4.79 Å². The fraction of sp³-hybridized carbons (Fsp3) is 0.500. The van der Waals surface area contributed by atoms with Gasteiger partial charge in [-0.2, -0.15) is 0 Å². The second-order valence-corrected chi connectivity index (χ2v) is 4.95. The molecule has 1 aliphatic rings. The minimum atomic E-state index is 0.00327. The zero-order valence-electron chi connectivity index (χ0n) is 11.6. The number of carbonyl (C=O) groups excluding carboxylic acids is 1. The summed E-state index contributed by atoms with van der Waals surface area (Å²) in [4.78, 5) is 11.4. The number of hydrogen-bond donors (Lipinski definition) is 4. The second-order valence-electron chi connectivity index (χ2n) is 4.95. The van der Waals surface area contributed by atoms with Crippen molar-refractivity contribution in [2.24, 2.45) is 0 Å². The Balaban J connectivity index is 2.17. The molecule has 5 N–H and O–H groups in total. The molecule has 1 aromatic carbocycles. The van der Waals surface area contributed by atoms with Crippen molar-refractivity contribution < 1.29 is 14.6 Å². The number of nitrogen functional groups attached to an aromatic ring is 1. The number of fused-ring (bicyclic) bond motifs is 1. The van der Waals surface area contributed by atoms with Crippen LogP contribution in [0.4, 0.5) is 17.1 Å². The first-order chi connectivity index (χ1) is 9.63. The number of rotatable bonds is 6. The van der Waals surface area contributed by atoms with Gasteiger partial charge in [0.25, 0.3) is 0 Å². The normalized spacial score (nSPS) is 15.4. The summed E-state index contributed by atoms with van der Waals surface area (Å²) >= 11 is 0. The van der Waals surface area contributed by atoms with Crippen molar-refractivity contribution in [1.82, 2.24) is 0 Å². The molecule has 0 fully saturated rings. The molecule has 2 rings (SSSR count). The Morgan fingerprint density at radius 3 is 3.00 bits per heavy atom. The molecule has 1 amide bonds. The standard InChI is InChI=1S/C14H21N3O3/c1-20-8-10(4-5-18)16-13-6-9-2-3-14(19)17-12(9)7-11(13)15/h6-7,10,16,18H,2-5,8,15H2,1H3,(H,17,19). The average molecular weight is 279 g/mol. The van der Waals surface area contributed by atoms with E-state index in [1.165, 1.54) is 0 Å². The lowest BCUT2D eigenvalue weighted by atomic mass is 10.0. The minimum absolute atomic E-state index is 0.00327. The van der Waals surface area contributed by atoms with Crippen molar-refractivity contribution in [2.45, 2.75) is 25.3 Å². The second kappa shape index (κ2) is 6.58. The van der Waals surface area contributed by atoms with E-state index in [2.05, 4.69) is 10.6 Å².